The largest absolute Gasteiger partial charge is 0.484 e. The number of anilines is 2. The molecular formula is C24H22N4O4. The topological polar surface area (TPSA) is 94.4 Å². The second-order valence-electron chi connectivity index (χ2n) is 7.20. The maximum absolute atomic E-state index is 12.6. The zero-order valence-electron chi connectivity index (χ0n) is 17.4. The Morgan fingerprint density at radius 1 is 0.812 bits per heavy atom. The SMILES string of the molecule is Cn1c(=O)n(CC(=O)Nc2cccc(OCC(=O)Nc3ccccc3)c2)c2ccccc21. The second-order valence-corrected chi connectivity index (χ2v) is 7.20. The molecular weight excluding hydrogens is 408 g/mol. The van der Waals surface area contributed by atoms with Crippen molar-refractivity contribution in [2.24, 2.45) is 7.05 Å². The van der Waals surface area contributed by atoms with Crippen molar-refractivity contribution in [3.05, 3.63) is 89.3 Å². The molecule has 3 aromatic carbocycles. The highest BCUT2D eigenvalue weighted by Gasteiger charge is 2.13. The van der Waals surface area contributed by atoms with Gasteiger partial charge in [0.15, 0.2) is 6.61 Å². The fourth-order valence-electron chi connectivity index (χ4n) is 3.39. The Labute approximate surface area is 184 Å². The average Bonchev–Trinajstić information content (AvgIpc) is 3.04. The third-order valence-electron chi connectivity index (χ3n) is 4.90. The average molecular weight is 430 g/mol. The molecule has 2 amide bonds. The molecule has 2 N–H and O–H groups in total. The highest BCUT2D eigenvalue weighted by molar-refractivity contribution is 5.92. The van der Waals surface area contributed by atoms with Crippen LogP contribution in [0.25, 0.3) is 11.0 Å². The first-order valence-electron chi connectivity index (χ1n) is 10.0. The first-order valence-corrected chi connectivity index (χ1v) is 10.0. The van der Waals surface area contributed by atoms with Gasteiger partial charge in [-0.1, -0.05) is 36.4 Å². The molecule has 0 atom stereocenters. The van der Waals surface area contributed by atoms with Crippen LogP contribution in [0.2, 0.25) is 0 Å². The second kappa shape index (κ2) is 9.22. The number of para-hydroxylation sites is 3. The molecule has 0 bridgehead atoms. The number of rotatable bonds is 7. The molecule has 162 valence electrons. The van der Waals surface area contributed by atoms with E-state index in [2.05, 4.69) is 10.6 Å². The molecule has 8 heteroatoms. The highest BCUT2D eigenvalue weighted by atomic mass is 16.5. The molecule has 0 spiro atoms. The Morgan fingerprint density at radius 2 is 1.47 bits per heavy atom. The van der Waals surface area contributed by atoms with Gasteiger partial charge in [0.05, 0.1) is 11.0 Å². The fourth-order valence-corrected chi connectivity index (χ4v) is 3.39. The van der Waals surface area contributed by atoms with E-state index in [0.29, 0.717) is 22.6 Å². The van der Waals surface area contributed by atoms with Gasteiger partial charge in [0.25, 0.3) is 5.91 Å². The van der Waals surface area contributed by atoms with E-state index in [0.717, 1.165) is 5.52 Å². The molecule has 4 rings (SSSR count). The smallest absolute Gasteiger partial charge is 0.329 e. The molecule has 8 nitrogen and oxygen atoms in total. The van der Waals surface area contributed by atoms with E-state index >= 15 is 0 Å². The summed E-state index contributed by atoms with van der Waals surface area (Å²) < 4.78 is 8.48. The van der Waals surface area contributed by atoms with Gasteiger partial charge in [-0.05, 0) is 36.4 Å². The summed E-state index contributed by atoms with van der Waals surface area (Å²) in [5.41, 5.74) is 2.38. The molecule has 0 aliphatic rings. The van der Waals surface area contributed by atoms with Crippen LogP contribution in [0.5, 0.6) is 5.75 Å². The van der Waals surface area contributed by atoms with Crippen LogP contribution in [0.15, 0.2) is 83.7 Å². The lowest BCUT2D eigenvalue weighted by Gasteiger charge is -2.10. The summed E-state index contributed by atoms with van der Waals surface area (Å²) in [5, 5.41) is 5.51. The molecule has 0 aliphatic carbocycles. The van der Waals surface area contributed by atoms with Gasteiger partial charge >= 0.3 is 5.69 Å². The number of imidazole rings is 1. The van der Waals surface area contributed by atoms with Crippen LogP contribution in [0.1, 0.15) is 0 Å². The highest BCUT2D eigenvalue weighted by Crippen LogP contribution is 2.18. The van der Waals surface area contributed by atoms with Crippen molar-refractivity contribution in [1.29, 1.82) is 0 Å². The van der Waals surface area contributed by atoms with E-state index in [4.69, 9.17) is 4.74 Å². The Kier molecular flexibility index (Phi) is 6.03. The molecule has 1 heterocycles. The summed E-state index contributed by atoms with van der Waals surface area (Å²) in [7, 11) is 1.67. The number of fused-ring (bicyclic) bond motifs is 1. The molecule has 0 unspecified atom stereocenters. The number of carbonyl (C=O) groups excluding carboxylic acids is 2. The van der Waals surface area contributed by atoms with Crippen molar-refractivity contribution in [2.45, 2.75) is 6.54 Å². The van der Waals surface area contributed by atoms with Crippen molar-refractivity contribution < 1.29 is 14.3 Å². The maximum Gasteiger partial charge on any atom is 0.329 e. The van der Waals surface area contributed by atoms with Gasteiger partial charge in [0.2, 0.25) is 5.91 Å². The Balaban J connectivity index is 1.38. The summed E-state index contributed by atoms with van der Waals surface area (Å²) in [4.78, 5) is 37.1. The minimum absolute atomic E-state index is 0.120. The van der Waals surface area contributed by atoms with Gasteiger partial charge < -0.3 is 15.4 Å². The summed E-state index contributed by atoms with van der Waals surface area (Å²) in [6.07, 6.45) is 0. The van der Waals surface area contributed by atoms with Crippen molar-refractivity contribution in [2.75, 3.05) is 17.2 Å². The molecule has 1 aromatic heterocycles. The van der Waals surface area contributed by atoms with E-state index in [1.54, 1.807) is 49.5 Å². The minimum Gasteiger partial charge on any atom is -0.484 e. The van der Waals surface area contributed by atoms with Crippen molar-refractivity contribution >= 4 is 34.2 Å². The summed E-state index contributed by atoms with van der Waals surface area (Å²) in [6, 6.07) is 23.1. The zero-order valence-corrected chi connectivity index (χ0v) is 17.4. The molecule has 0 fully saturated rings. The number of aromatic nitrogens is 2. The van der Waals surface area contributed by atoms with Crippen LogP contribution >= 0.6 is 0 Å². The molecule has 0 radical (unpaired) electrons. The number of carbonyl (C=O) groups is 2. The molecule has 0 saturated heterocycles. The Hall–Kier alpha value is -4.33. The van der Waals surface area contributed by atoms with Crippen LogP contribution in [0.4, 0.5) is 11.4 Å². The molecule has 4 aromatic rings. The van der Waals surface area contributed by atoms with Crippen molar-refractivity contribution in [3.8, 4) is 5.75 Å². The monoisotopic (exact) mass is 430 g/mol. The zero-order chi connectivity index (χ0) is 22.5. The van der Waals surface area contributed by atoms with Gasteiger partial charge in [0, 0.05) is 24.5 Å². The van der Waals surface area contributed by atoms with Gasteiger partial charge in [-0.15, -0.1) is 0 Å². The van der Waals surface area contributed by atoms with Crippen LogP contribution in [0.3, 0.4) is 0 Å². The van der Waals surface area contributed by atoms with Crippen molar-refractivity contribution in [1.82, 2.24) is 9.13 Å². The Morgan fingerprint density at radius 3 is 2.25 bits per heavy atom. The van der Waals surface area contributed by atoms with Gasteiger partial charge in [-0.25, -0.2) is 4.79 Å². The van der Waals surface area contributed by atoms with E-state index in [9.17, 15) is 14.4 Å². The quantitative estimate of drug-likeness (QED) is 0.471. The Bertz CT molecular complexity index is 1320. The molecule has 32 heavy (non-hydrogen) atoms. The van der Waals surface area contributed by atoms with Crippen LogP contribution in [-0.4, -0.2) is 27.6 Å². The van der Waals surface area contributed by atoms with E-state index in [1.807, 2.05) is 36.4 Å². The predicted octanol–water partition coefficient (Wildman–Crippen LogP) is 3.00. The van der Waals surface area contributed by atoms with E-state index < -0.39 is 0 Å². The maximum atomic E-state index is 12.6. The minimum atomic E-state index is -0.345. The lowest BCUT2D eigenvalue weighted by molar-refractivity contribution is -0.118. The number of benzene rings is 3. The van der Waals surface area contributed by atoms with Crippen LogP contribution < -0.4 is 21.1 Å². The molecule has 0 saturated carbocycles. The van der Waals surface area contributed by atoms with E-state index in [-0.39, 0.29) is 30.7 Å². The molecule has 0 aliphatic heterocycles. The first kappa shape index (κ1) is 20.9. The van der Waals surface area contributed by atoms with Gasteiger partial charge in [-0.3, -0.25) is 18.7 Å². The number of aryl methyl sites for hydroxylation is 1. The number of hydrogen-bond acceptors (Lipinski definition) is 4. The fraction of sp³-hybridized carbons (Fsp3) is 0.125. The predicted molar refractivity (Wildman–Crippen MR) is 123 cm³/mol. The summed E-state index contributed by atoms with van der Waals surface area (Å²) >= 11 is 0. The lowest BCUT2D eigenvalue weighted by atomic mass is 10.3. The number of nitrogens with one attached hydrogen (secondary N) is 2. The van der Waals surface area contributed by atoms with Crippen molar-refractivity contribution in [3.63, 3.8) is 0 Å². The number of amides is 2. The van der Waals surface area contributed by atoms with Crippen LogP contribution in [-0.2, 0) is 23.2 Å². The van der Waals surface area contributed by atoms with E-state index in [1.165, 1.54) is 9.13 Å². The number of nitrogens with zero attached hydrogens (tertiary/aromatic N) is 2. The number of ether oxygens (including phenoxy) is 1. The van der Waals surface area contributed by atoms with Gasteiger partial charge in [-0.2, -0.15) is 0 Å². The number of hydrogen-bond donors (Lipinski definition) is 2. The summed E-state index contributed by atoms with van der Waals surface area (Å²) in [5.74, 6) is -0.197. The van der Waals surface area contributed by atoms with Crippen LogP contribution in [0, 0.1) is 0 Å². The first-order chi connectivity index (χ1) is 15.5. The van der Waals surface area contributed by atoms with Gasteiger partial charge in [0.1, 0.15) is 12.3 Å². The third-order valence-corrected chi connectivity index (χ3v) is 4.90. The third kappa shape index (κ3) is 4.70. The summed E-state index contributed by atoms with van der Waals surface area (Å²) in [6.45, 7) is -0.289. The standard InChI is InChI=1S/C24H22N4O4/c1-27-20-12-5-6-13-21(20)28(24(27)31)15-22(29)26-18-10-7-11-19(14-18)32-16-23(30)25-17-8-3-2-4-9-17/h2-14H,15-16H2,1H3,(H,25,30)(H,26,29). The normalized spacial score (nSPS) is 10.7. The lowest BCUT2D eigenvalue weighted by Crippen LogP contribution is -2.28.